The van der Waals surface area contributed by atoms with Crippen LogP contribution in [0.15, 0.2) is 18.2 Å². The summed E-state index contributed by atoms with van der Waals surface area (Å²) < 4.78 is 5.54. The molecule has 1 aliphatic carbocycles. The lowest BCUT2D eigenvalue weighted by molar-refractivity contribution is 0.347. The van der Waals surface area contributed by atoms with E-state index in [4.69, 9.17) is 16.3 Å². The standard InChI is InChI=1S/C17H24ClNO/c18-16-3-1-2-14(11-16)12-19-8-6-13-4-5-17-15(10-13)7-9-20-17/h4-5,10,14,16,19H,1-3,6-9,11-12H2. The van der Waals surface area contributed by atoms with Crippen molar-refractivity contribution in [2.24, 2.45) is 5.92 Å². The van der Waals surface area contributed by atoms with Gasteiger partial charge in [0.25, 0.3) is 0 Å². The van der Waals surface area contributed by atoms with Gasteiger partial charge in [0.1, 0.15) is 5.75 Å². The van der Waals surface area contributed by atoms with Crippen LogP contribution in [0.2, 0.25) is 0 Å². The van der Waals surface area contributed by atoms with Crippen molar-refractivity contribution in [3.63, 3.8) is 0 Å². The van der Waals surface area contributed by atoms with Crippen molar-refractivity contribution < 1.29 is 4.74 Å². The number of fused-ring (bicyclic) bond motifs is 1. The predicted octanol–water partition coefficient (Wildman–Crippen LogP) is 3.55. The molecule has 2 atom stereocenters. The van der Waals surface area contributed by atoms with E-state index in [0.717, 1.165) is 44.2 Å². The summed E-state index contributed by atoms with van der Waals surface area (Å²) in [5, 5.41) is 4.01. The van der Waals surface area contributed by atoms with E-state index in [1.54, 1.807) is 0 Å². The summed E-state index contributed by atoms with van der Waals surface area (Å²) in [7, 11) is 0. The highest BCUT2D eigenvalue weighted by Crippen LogP contribution is 2.27. The summed E-state index contributed by atoms with van der Waals surface area (Å²) in [6, 6.07) is 6.62. The van der Waals surface area contributed by atoms with Crippen molar-refractivity contribution in [1.29, 1.82) is 0 Å². The Hall–Kier alpha value is -0.730. The SMILES string of the molecule is ClC1CCCC(CNCCc2ccc3c(c2)CCO3)C1. The molecule has 1 aromatic rings. The first-order chi connectivity index (χ1) is 9.81. The smallest absolute Gasteiger partial charge is 0.122 e. The summed E-state index contributed by atoms with van der Waals surface area (Å²) >= 11 is 6.23. The lowest BCUT2D eigenvalue weighted by Crippen LogP contribution is -2.28. The number of hydrogen-bond acceptors (Lipinski definition) is 2. The molecule has 0 radical (unpaired) electrons. The van der Waals surface area contributed by atoms with Crippen LogP contribution < -0.4 is 10.1 Å². The van der Waals surface area contributed by atoms with E-state index >= 15 is 0 Å². The zero-order chi connectivity index (χ0) is 13.8. The Kier molecular flexibility index (Phi) is 4.85. The first-order valence-electron chi connectivity index (χ1n) is 7.90. The fourth-order valence-electron chi connectivity index (χ4n) is 3.35. The number of benzene rings is 1. The Morgan fingerprint density at radius 3 is 3.15 bits per heavy atom. The summed E-state index contributed by atoms with van der Waals surface area (Å²) in [6.45, 7) is 3.03. The van der Waals surface area contributed by atoms with Gasteiger partial charge in [0.15, 0.2) is 0 Å². The molecule has 1 fully saturated rings. The molecule has 1 aromatic carbocycles. The topological polar surface area (TPSA) is 21.3 Å². The minimum atomic E-state index is 0.410. The number of halogens is 1. The van der Waals surface area contributed by atoms with Crippen LogP contribution in [0.3, 0.4) is 0 Å². The molecule has 1 aliphatic heterocycles. The zero-order valence-corrected chi connectivity index (χ0v) is 12.8. The summed E-state index contributed by atoms with van der Waals surface area (Å²) in [5.41, 5.74) is 2.79. The van der Waals surface area contributed by atoms with Gasteiger partial charge in [-0.15, -0.1) is 11.6 Å². The largest absolute Gasteiger partial charge is 0.493 e. The fraction of sp³-hybridized carbons (Fsp3) is 0.647. The van der Waals surface area contributed by atoms with Gasteiger partial charge in [-0.05, 0) is 61.9 Å². The maximum Gasteiger partial charge on any atom is 0.122 e. The van der Waals surface area contributed by atoms with E-state index in [-0.39, 0.29) is 0 Å². The van der Waals surface area contributed by atoms with Crippen LogP contribution in [0.1, 0.15) is 36.8 Å². The minimum Gasteiger partial charge on any atom is -0.493 e. The van der Waals surface area contributed by atoms with Crippen molar-refractivity contribution in [3.8, 4) is 5.75 Å². The normalized spacial score (nSPS) is 25.2. The quantitative estimate of drug-likeness (QED) is 0.662. The molecule has 0 spiro atoms. The van der Waals surface area contributed by atoms with Crippen LogP contribution in [-0.2, 0) is 12.8 Å². The second-order valence-electron chi connectivity index (χ2n) is 6.12. The average molecular weight is 294 g/mol. The summed E-state index contributed by atoms with van der Waals surface area (Å²) in [5.74, 6) is 1.86. The van der Waals surface area contributed by atoms with Crippen molar-refractivity contribution in [2.45, 2.75) is 43.9 Å². The number of nitrogens with one attached hydrogen (secondary N) is 1. The molecule has 2 aliphatic rings. The molecular formula is C17H24ClNO. The molecule has 0 amide bonds. The number of hydrogen-bond donors (Lipinski definition) is 1. The molecule has 0 saturated heterocycles. The van der Waals surface area contributed by atoms with E-state index in [1.165, 1.54) is 36.8 Å². The van der Waals surface area contributed by atoms with Gasteiger partial charge < -0.3 is 10.1 Å². The molecule has 1 heterocycles. The van der Waals surface area contributed by atoms with Crippen molar-refractivity contribution in [3.05, 3.63) is 29.3 Å². The molecule has 1 N–H and O–H groups in total. The van der Waals surface area contributed by atoms with E-state index in [2.05, 4.69) is 23.5 Å². The highest BCUT2D eigenvalue weighted by Gasteiger charge is 2.19. The summed E-state index contributed by atoms with van der Waals surface area (Å²) in [6.07, 6.45) is 7.19. The Bertz CT molecular complexity index is 449. The molecule has 3 rings (SSSR count). The van der Waals surface area contributed by atoms with Gasteiger partial charge in [-0.2, -0.15) is 0 Å². The summed E-state index contributed by atoms with van der Waals surface area (Å²) in [4.78, 5) is 0. The van der Waals surface area contributed by atoms with E-state index in [1.807, 2.05) is 0 Å². The van der Waals surface area contributed by atoms with Gasteiger partial charge in [0.05, 0.1) is 6.61 Å². The fourth-order valence-corrected chi connectivity index (χ4v) is 3.75. The molecule has 110 valence electrons. The number of ether oxygens (including phenoxy) is 1. The molecule has 0 aromatic heterocycles. The first kappa shape index (κ1) is 14.2. The monoisotopic (exact) mass is 293 g/mol. The molecule has 3 heteroatoms. The van der Waals surface area contributed by atoms with Crippen LogP contribution in [0, 0.1) is 5.92 Å². The highest BCUT2D eigenvalue weighted by atomic mass is 35.5. The average Bonchev–Trinajstić information content (AvgIpc) is 2.91. The maximum atomic E-state index is 6.23. The van der Waals surface area contributed by atoms with E-state index < -0.39 is 0 Å². The van der Waals surface area contributed by atoms with Crippen molar-refractivity contribution >= 4 is 11.6 Å². The number of rotatable bonds is 5. The van der Waals surface area contributed by atoms with Gasteiger partial charge in [-0.25, -0.2) is 0 Å². The maximum absolute atomic E-state index is 6.23. The van der Waals surface area contributed by atoms with Gasteiger partial charge >= 0.3 is 0 Å². The molecule has 2 nitrogen and oxygen atoms in total. The third-order valence-corrected chi connectivity index (χ3v) is 4.89. The highest BCUT2D eigenvalue weighted by molar-refractivity contribution is 6.20. The Morgan fingerprint density at radius 2 is 2.25 bits per heavy atom. The lowest BCUT2D eigenvalue weighted by Gasteiger charge is -2.25. The third kappa shape index (κ3) is 3.67. The Labute approximate surface area is 126 Å². The van der Waals surface area contributed by atoms with E-state index in [0.29, 0.717) is 5.38 Å². The van der Waals surface area contributed by atoms with Gasteiger partial charge in [-0.1, -0.05) is 18.6 Å². The molecular weight excluding hydrogens is 270 g/mol. The van der Waals surface area contributed by atoms with Crippen LogP contribution in [-0.4, -0.2) is 25.1 Å². The Balaban J connectivity index is 1.39. The second kappa shape index (κ2) is 6.82. The first-order valence-corrected chi connectivity index (χ1v) is 8.34. The van der Waals surface area contributed by atoms with Gasteiger partial charge in [0.2, 0.25) is 0 Å². The van der Waals surface area contributed by atoms with Gasteiger partial charge in [0, 0.05) is 11.8 Å². The van der Waals surface area contributed by atoms with Crippen LogP contribution in [0.5, 0.6) is 5.75 Å². The second-order valence-corrected chi connectivity index (χ2v) is 6.74. The van der Waals surface area contributed by atoms with Crippen LogP contribution in [0.25, 0.3) is 0 Å². The lowest BCUT2D eigenvalue weighted by atomic mass is 9.89. The van der Waals surface area contributed by atoms with Crippen LogP contribution >= 0.6 is 11.6 Å². The molecule has 20 heavy (non-hydrogen) atoms. The minimum absolute atomic E-state index is 0.410. The zero-order valence-electron chi connectivity index (χ0n) is 12.0. The van der Waals surface area contributed by atoms with Gasteiger partial charge in [-0.3, -0.25) is 0 Å². The molecule has 0 bridgehead atoms. The molecule has 1 saturated carbocycles. The Morgan fingerprint density at radius 1 is 1.30 bits per heavy atom. The predicted molar refractivity (Wildman–Crippen MR) is 83.8 cm³/mol. The third-order valence-electron chi connectivity index (χ3n) is 4.50. The molecule has 2 unspecified atom stereocenters. The number of alkyl halides is 1. The van der Waals surface area contributed by atoms with E-state index in [9.17, 15) is 0 Å². The van der Waals surface area contributed by atoms with Crippen LogP contribution in [0.4, 0.5) is 0 Å². The van der Waals surface area contributed by atoms with Crippen molar-refractivity contribution in [1.82, 2.24) is 5.32 Å². The van der Waals surface area contributed by atoms with Crippen molar-refractivity contribution in [2.75, 3.05) is 19.7 Å².